The van der Waals surface area contributed by atoms with Crippen LogP contribution in [0.2, 0.25) is 0 Å². The molecular weight excluding hydrogens is 323 g/mol. The predicted octanol–water partition coefficient (Wildman–Crippen LogP) is 3.72. The van der Waals surface area contributed by atoms with Crippen molar-refractivity contribution in [3.63, 3.8) is 0 Å². The lowest BCUT2D eigenvalue weighted by Gasteiger charge is -2.22. The molecule has 22 heavy (non-hydrogen) atoms. The molecule has 0 heterocycles. The van der Waals surface area contributed by atoms with E-state index in [1.807, 2.05) is 0 Å². The van der Waals surface area contributed by atoms with E-state index in [-0.39, 0.29) is 47.4 Å². The lowest BCUT2D eigenvalue weighted by atomic mass is 10.0. The highest BCUT2D eigenvalue weighted by Crippen LogP contribution is 2.28. The van der Waals surface area contributed by atoms with Crippen LogP contribution >= 0.6 is 24.8 Å². The molecule has 130 valence electrons. The Bertz CT molecular complexity index is 423. The highest BCUT2D eigenvalue weighted by atomic mass is 35.5. The summed E-state index contributed by atoms with van der Waals surface area (Å²) in [6, 6.07) is 3.27. The van der Waals surface area contributed by atoms with Crippen LogP contribution in [-0.2, 0) is 13.1 Å². The minimum Gasteiger partial charge on any atom is -0.508 e. The molecule has 0 atom stereocenters. The number of aromatic hydroxyl groups is 2. The fourth-order valence-corrected chi connectivity index (χ4v) is 1.67. The monoisotopic (exact) mass is 352 g/mol. The van der Waals surface area contributed by atoms with Crippen LogP contribution in [0.3, 0.4) is 0 Å². The standard InChI is InChI=1S/C16H28N2O2.2ClH/c1-15(2,3)17-9-11-7-14(20)12(8-13(11)19)10-18-16(4,5)6;;/h7-8,17-20H,9-10H2,1-6H3;2*1H. The lowest BCUT2D eigenvalue weighted by Crippen LogP contribution is -2.35. The second kappa shape index (κ2) is 8.82. The molecule has 0 aliphatic rings. The average molecular weight is 353 g/mol. The van der Waals surface area contributed by atoms with E-state index in [0.29, 0.717) is 24.2 Å². The van der Waals surface area contributed by atoms with Gasteiger partial charge in [-0.05, 0) is 53.7 Å². The molecule has 0 amide bonds. The largest absolute Gasteiger partial charge is 0.508 e. The van der Waals surface area contributed by atoms with Crippen molar-refractivity contribution in [2.45, 2.75) is 65.7 Å². The second-order valence-corrected chi connectivity index (χ2v) is 7.32. The molecule has 1 aromatic carbocycles. The van der Waals surface area contributed by atoms with Crippen molar-refractivity contribution in [3.8, 4) is 11.5 Å². The zero-order valence-electron chi connectivity index (χ0n) is 14.3. The van der Waals surface area contributed by atoms with Crippen LogP contribution in [0, 0.1) is 0 Å². The molecule has 4 nitrogen and oxygen atoms in total. The Kier molecular flexibility index (Phi) is 9.46. The first-order valence-corrected chi connectivity index (χ1v) is 7.02. The van der Waals surface area contributed by atoms with Crippen molar-refractivity contribution in [1.82, 2.24) is 10.6 Å². The van der Waals surface area contributed by atoms with E-state index in [1.165, 1.54) is 0 Å². The topological polar surface area (TPSA) is 64.5 Å². The summed E-state index contributed by atoms with van der Waals surface area (Å²) >= 11 is 0. The van der Waals surface area contributed by atoms with Gasteiger partial charge in [0.1, 0.15) is 11.5 Å². The van der Waals surface area contributed by atoms with Crippen molar-refractivity contribution in [1.29, 1.82) is 0 Å². The normalized spacial score (nSPS) is 11.5. The molecule has 1 aromatic rings. The van der Waals surface area contributed by atoms with Crippen LogP contribution in [-0.4, -0.2) is 21.3 Å². The first-order chi connectivity index (χ1) is 8.98. The summed E-state index contributed by atoms with van der Waals surface area (Å²) in [5, 5.41) is 26.7. The second-order valence-electron chi connectivity index (χ2n) is 7.32. The smallest absolute Gasteiger partial charge is 0.120 e. The zero-order chi connectivity index (χ0) is 15.6. The first-order valence-electron chi connectivity index (χ1n) is 7.02. The number of rotatable bonds is 4. The molecule has 1 rings (SSSR count). The first kappa shape index (κ1) is 23.6. The quantitative estimate of drug-likeness (QED) is 0.623. The van der Waals surface area contributed by atoms with Crippen molar-refractivity contribution in [2.75, 3.05) is 0 Å². The molecular formula is C16H30Cl2N2O2. The molecule has 0 aliphatic carbocycles. The SMILES string of the molecule is CC(C)(C)NCc1cc(O)c(CNC(C)(C)C)cc1O.Cl.Cl. The molecule has 0 saturated carbocycles. The Morgan fingerprint density at radius 3 is 1.23 bits per heavy atom. The third-order valence-electron chi connectivity index (χ3n) is 2.90. The van der Waals surface area contributed by atoms with Gasteiger partial charge in [0.25, 0.3) is 0 Å². The average Bonchev–Trinajstić information content (AvgIpc) is 2.25. The highest BCUT2D eigenvalue weighted by Gasteiger charge is 2.14. The van der Waals surface area contributed by atoms with Gasteiger partial charge in [-0.15, -0.1) is 24.8 Å². The number of phenolic OH excluding ortho intramolecular Hbond substituents is 2. The van der Waals surface area contributed by atoms with Gasteiger partial charge in [0.15, 0.2) is 0 Å². The van der Waals surface area contributed by atoms with E-state index >= 15 is 0 Å². The molecule has 0 bridgehead atoms. The molecule has 0 unspecified atom stereocenters. The molecule has 0 fully saturated rings. The molecule has 0 aromatic heterocycles. The molecule has 6 heteroatoms. The zero-order valence-corrected chi connectivity index (χ0v) is 15.9. The number of halogens is 2. The molecule has 0 aliphatic heterocycles. The fraction of sp³-hybridized carbons (Fsp3) is 0.625. The number of nitrogens with one attached hydrogen (secondary N) is 2. The summed E-state index contributed by atoms with van der Waals surface area (Å²) in [7, 11) is 0. The van der Waals surface area contributed by atoms with Gasteiger partial charge in [-0.1, -0.05) is 0 Å². The maximum absolute atomic E-state index is 10.1. The summed E-state index contributed by atoms with van der Waals surface area (Å²) < 4.78 is 0. The van der Waals surface area contributed by atoms with Gasteiger partial charge in [-0.3, -0.25) is 0 Å². The van der Waals surface area contributed by atoms with Gasteiger partial charge < -0.3 is 20.8 Å². The van der Waals surface area contributed by atoms with E-state index in [1.54, 1.807) is 12.1 Å². The third kappa shape index (κ3) is 8.69. The predicted molar refractivity (Wildman–Crippen MR) is 97.5 cm³/mol. The molecule has 0 spiro atoms. The maximum Gasteiger partial charge on any atom is 0.120 e. The minimum absolute atomic E-state index is 0. The van der Waals surface area contributed by atoms with Gasteiger partial charge in [-0.2, -0.15) is 0 Å². The van der Waals surface area contributed by atoms with Crippen LogP contribution in [0.5, 0.6) is 11.5 Å². The van der Waals surface area contributed by atoms with Crippen LogP contribution < -0.4 is 10.6 Å². The Hall–Kier alpha value is -0.680. The van der Waals surface area contributed by atoms with Gasteiger partial charge in [0.2, 0.25) is 0 Å². The number of phenols is 2. The summed E-state index contributed by atoms with van der Waals surface area (Å²) in [5.41, 5.74) is 1.34. The van der Waals surface area contributed by atoms with Crippen molar-refractivity contribution < 1.29 is 10.2 Å². The van der Waals surface area contributed by atoms with Crippen LogP contribution in [0.1, 0.15) is 52.7 Å². The van der Waals surface area contributed by atoms with E-state index in [4.69, 9.17) is 0 Å². The van der Waals surface area contributed by atoms with E-state index in [9.17, 15) is 10.2 Å². The molecule has 0 radical (unpaired) electrons. The Morgan fingerprint density at radius 1 is 0.727 bits per heavy atom. The number of hydrogen-bond donors (Lipinski definition) is 4. The van der Waals surface area contributed by atoms with Crippen LogP contribution in [0.15, 0.2) is 12.1 Å². The minimum atomic E-state index is -0.0332. The van der Waals surface area contributed by atoms with E-state index in [0.717, 1.165) is 0 Å². The number of hydrogen-bond acceptors (Lipinski definition) is 4. The Balaban J connectivity index is 0. The Labute approximate surface area is 146 Å². The Morgan fingerprint density at radius 2 is 1.00 bits per heavy atom. The third-order valence-corrected chi connectivity index (χ3v) is 2.90. The van der Waals surface area contributed by atoms with Crippen LogP contribution in [0.4, 0.5) is 0 Å². The van der Waals surface area contributed by atoms with Gasteiger partial charge in [0.05, 0.1) is 0 Å². The summed E-state index contributed by atoms with van der Waals surface area (Å²) in [4.78, 5) is 0. The van der Waals surface area contributed by atoms with E-state index < -0.39 is 0 Å². The molecule has 0 saturated heterocycles. The summed E-state index contributed by atoms with van der Waals surface area (Å²) in [5.74, 6) is 0.426. The van der Waals surface area contributed by atoms with Crippen molar-refractivity contribution in [2.24, 2.45) is 0 Å². The highest BCUT2D eigenvalue weighted by molar-refractivity contribution is 5.85. The van der Waals surface area contributed by atoms with Crippen LogP contribution in [0.25, 0.3) is 0 Å². The fourth-order valence-electron chi connectivity index (χ4n) is 1.67. The summed E-state index contributed by atoms with van der Waals surface area (Å²) in [6.07, 6.45) is 0. The van der Waals surface area contributed by atoms with Crippen molar-refractivity contribution >= 4 is 24.8 Å². The lowest BCUT2D eigenvalue weighted by molar-refractivity contribution is 0.399. The van der Waals surface area contributed by atoms with Crippen molar-refractivity contribution in [3.05, 3.63) is 23.3 Å². The maximum atomic E-state index is 10.1. The van der Waals surface area contributed by atoms with E-state index in [2.05, 4.69) is 52.2 Å². The molecule has 4 N–H and O–H groups in total. The summed E-state index contributed by atoms with van der Waals surface area (Å²) in [6.45, 7) is 13.4. The number of benzene rings is 1. The van der Waals surface area contributed by atoms with Gasteiger partial charge >= 0.3 is 0 Å². The van der Waals surface area contributed by atoms with Gasteiger partial charge in [0, 0.05) is 35.3 Å². The van der Waals surface area contributed by atoms with Gasteiger partial charge in [-0.25, -0.2) is 0 Å².